The summed E-state index contributed by atoms with van der Waals surface area (Å²) in [7, 11) is 9.56. The van der Waals surface area contributed by atoms with E-state index in [0.29, 0.717) is 64.8 Å². The third-order valence-electron chi connectivity index (χ3n) is 5.95. The Balaban J connectivity index is 1.72. The lowest BCUT2D eigenvalue weighted by atomic mass is 10.1. The second-order valence-electron chi connectivity index (χ2n) is 8.83. The second-order valence-corrected chi connectivity index (χ2v) is 8.83. The van der Waals surface area contributed by atoms with E-state index in [1.165, 1.54) is 0 Å². The van der Waals surface area contributed by atoms with Gasteiger partial charge in [0.25, 0.3) is 0 Å². The number of methoxy groups -OCH3 is 6. The molecule has 0 aliphatic rings. The summed E-state index contributed by atoms with van der Waals surface area (Å²) in [6.07, 6.45) is 2.57. The van der Waals surface area contributed by atoms with Crippen molar-refractivity contribution in [3.63, 3.8) is 0 Å². The molecule has 0 heterocycles. The Labute approximate surface area is 241 Å². The lowest BCUT2D eigenvalue weighted by Gasteiger charge is -2.15. The third kappa shape index (κ3) is 9.79. The second kappa shape index (κ2) is 15.8. The van der Waals surface area contributed by atoms with E-state index in [-0.39, 0.29) is 13.2 Å². The molecular formula is C32H38O9. The number of allylic oxidation sites excluding steroid dienone is 1. The van der Waals surface area contributed by atoms with E-state index in [2.05, 4.69) is 6.58 Å². The van der Waals surface area contributed by atoms with Crippen LogP contribution in [0.25, 0.3) is 0 Å². The summed E-state index contributed by atoms with van der Waals surface area (Å²) >= 11 is 0. The summed E-state index contributed by atoms with van der Waals surface area (Å²) in [4.78, 5) is 0. The van der Waals surface area contributed by atoms with Crippen molar-refractivity contribution in [2.45, 2.75) is 6.42 Å². The first-order valence-corrected chi connectivity index (χ1v) is 12.8. The van der Waals surface area contributed by atoms with Gasteiger partial charge in [-0.3, -0.25) is 0 Å². The maximum absolute atomic E-state index is 6.10. The number of hydrogen-bond donors (Lipinski definition) is 0. The van der Waals surface area contributed by atoms with Gasteiger partial charge in [-0.2, -0.15) is 0 Å². The molecule has 0 aromatic heterocycles. The number of benzene rings is 3. The summed E-state index contributed by atoms with van der Waals surface area (Å²) in [6.45, 7) is 5.01. The zero-order chi connectivity index (χ0) is 29.6. The Morgan fingerprint density at radius 3 is 1.02 bits per heavy atom. The smallest absolute Gasteiger partial charge is 0.127 e. The molecule has 0 aliphatic heterocycles. The molecule has 3 rings (SSSR count). The molecule has 9 nitrogen and oxygen atoms in total. The van der Waals surface area contributed by atoms with Crippen molar-refractivity contribution in [2.75, 3.05) is 62.5 Å². The van der Waals surface area contributed by atoms with Crippen LogP contribution in [0.5, 0.6) is 51.7 Å². The molecule has 0 atom stereocenters. The first kappa shape index (κ1) is 30.9. The first-order chi connectivity index (χ1) is 19.9. The maximum Gasteiger partial charge on any atom is 0.127 e. The number of ether oxygens (including phenoxy) is 9. The normalized spacial score (nSPS) is 10.2. The van der Waals surface area contributed by atoms with E-state index in [0.717, 1.165) is 11.1 Å². The van der Waals surface area contributed by atoms with Gasteiger partial charge >= 0.3 is 0 Å². The SMILES string of the molecule is C=C(CC=C(COc1cc(OC)cc(OC)c1)COc1cc(OC)cc(OC)c1)COc1cc(OC)cc(OC)c1. The van der Waals surface area contributed by atoms with Crippen molar-refractivity contribution < 1.29 is 42.6 Å². The van der Waals surface area contributed by atoms with Crippen molar-refractivity contribution in [2.24, 2.45) is 0 Å². The highest BCUT2D eigenvalue weighted by molar-refractivity contribution is 5.44. The van der Waals surface area contributed by atoms with Gasteiger partial charge < -0.3 is 42.6 Å². The summed E-state index contributed by atoms with van der Waals surface area (Å²) in [5, 5.41) is 0. The molecule has 41 heavy (non-hydrogen) atoms. The van der Waals surface area contributed by atoms with Gasteiger partial charge in [0, 0.05) is 60.2 Å². The lowest BCUT2D eigenvalue weighted by molar-refractivity contribution is 0.295. The van der Waals surface area contributed by atoms with E-state index in [1.807, 2.05) is 6.08 Å². The van der Waals surface area contributed by atoms with Gasteiger partial charge in [-0.15, -0.1) is 0 Å². The Morgan fingerprint density at radius 1 is 0.463 bits per heavy atom. The fraction of sp³-hybridized carbons (Fsp3) is 0.312. The van der Waals surface area contributed by atoms with E-state index < -0.39 is 0 Å². The molecule has 0 amide bonds. The van der Waals surface area contributed by atoms with Gasteiger partial charge in [0.2, 0.25) is 0 Å². The van der Waals surface area contributed by atoms with Gasteiger partial charge in [-0.05, 0) is 12.0 Å². The molecule has 220 valence electrons. The molecule has 3 aromatic rings. The van der Waals surface area contributed by atoms with Crippen molar-refractivity contribution >= 4 is 0 Å². The van der Waals surface area contributed by atoms with Gasteiger partial charge in [-0.25, -0.2) is 0 Å². The molecule has 3 aromatic carbocycles. The molecule has 0 saturated heterocycles. The number of hydrogen-bond acceptors (Lipinski definition) is 9. The largest absolute Gasteiger partial charge is 0.496 e. The Hall–Kier alpha value is -4.66. The maximum atomic E-state index is 6.10. The van der Waals surface area contributed by atoms with Crippen LogP contribution in [-0.4, -0.2) is 62.5 Å². The van der Waals surface area contributed by atoms with Crippen molar-refractivity contribution in [3.05, 3.63) is 78.4 Å². The predicted molar refractivity (Wildman–Crippen MR) is 157 cm³/mol. The van der Waals surface area contributed by atoms with Crippen LogP contribution in [0.2, 0.25) is 0 Å². The molecule has 0 aliphatic carbocycles. The first-order valence-electron chi connectivity index (χ1n) is 12.8. The van der Waals surface area contributed by atoms with Crippen LogP contribution >= 0.6 is 0 Å². The molecule has 0 unspecified atom stereocenters. The third-order valence-corrected chi connectivity index (χ3v) is 5.95. The quantitative estimate of drug-likeness (QED) is 0.179. The average molecular weight is 567 g/mol. The predicted octanol–water partition coefficient (Wildman–Crippen LogP) is 6.15. The topological polar surface area (TPSA) is 83.1 Å². The minimum atomic E-state index is 0.263. The van der Waals surface area contributed by atoms with Crippen LogP contribution in [0, 0.1) is 0 Å². The van der Waals surface area contributed by atoms with Gasteiger partial charge in [0.15, 0.2) is 0 Å². The summed E-state index contributed by atoms with van der Waals surface area (Å²) < 4.78 is 50.2. The summed E-state index contributed by atoms with van der Waals surface area (Å²) in [6, 6.07) is 16.1. The highest BCUT2D eigenvalue weighted by Gasteiger charge is 2.09. The van der Waals surface area contributed by atoms with Crippen LogP contribution in [0.4, 0.5) is 0 Å². The zero-order valence-corrected chi connectivity index (χ0v) is 24.5. The fourth-order valence-corrected chi connectivity index (χ4v) is 3.64. The Morgan fingerprint density at radius 2 is 0.732 bits per heavy atom. The van der Waals surface area contributed by atoms with E-state index in [1.54, 1.807) is 97.3 Å². The van der Waals surface area contributed by atoms with Gasteiger partial charge in [0.1, 0.15) is 71.6 Å². The molecule has 0 N–H and O–H groups in total. The lowest BCUT2D eigenvalue weighted by Crippen LogP contribution is -2.11. The minimum absolute atomic E-state index is 0.263. The molecule has 9 heteroatoms. The van der Waals surface area contributed by atoms with Crippen LogP contribution in [0.15, 0.2) is 78.4 Å². The van der Waals surface area contributed by atoms with Gasteiger partial charge in [-0.1, -0.05) is 12.7 Å². The molecule has 0 saturated carbocycles. The van der Waals surface area contributed by atoms with Crippen molar-refractivity contribution in [1.29, 1.82) is 0 Å². The van der Waals surface area contributed by atoms with E-state index >= 15 is 0 Å². The highest BCUT2D eigenvalue weighted by atomic mass is 16.5. The summed E-state index contributed by atoms with van der Waals surface area (Å²) in [5.41, 5.74) is 1.74. The zero-order valence-electron chi connectivity index (χ0n) is 24.5. The molecule has 0 bridgehead atoms. The highest BCUT2D eigenvalue weighted by Crippen LogP contribution is 2.30. The van der Waals surface area contributed by atoms with Crippen LogP contribution in [-0.2, 0) is 0 Å². The fourth-order valence-electron chi connectivity index (χ4n) is 3.64. The average Bonchev–Trinajstić information content (AvgIpc) is 3.02. The standard InChI is InChI=1S/C32H38O9/c1-22(19-39-30-13-24(33-2)10-25(14-30)34-3)8-9-23(20-40-31-15-26(35-4)11-27(16-31)36-5)21-41-32-17-28(37-6)12-29(18-32)38-7/h9-18H,1,8,19-21H2,2-7H3. The Kier molecular flexibility index (Phi) is 11.9. The number of rotatable bonds is 17. The van der Waals surface area contributed by atoms with E-state index in [9.17, 15) is 0 Å². The minimum Gasteiger partial charge on any atom is -0.496 e. The van der Waals surface area contributed by atoms with Crippen molar-refractivity contribution in [1.82, 2.24) is 0 Å². The van der Waals surface area contributed by atoms with E-state index in [4.69, 9.17) is 42.6 Å². The molecular weight excluding hydrogens is 528 g/mol. The van der Waals surface area contributed by atoms with Gasteiger partial charge in [0.05, 0.1) is 42.7 Å². The molecule has 0 spiro atoms. The van der Waals surface area contributed by atoms with Crippen molar-refractivity contribution in [3.8, 4) is 51.7 Å². The Bertz CT molecular complexity index is 1190. The molecule has 0 radical (unpaired) electrons. The molecule has 0 fully saturated rings. The summed E-state index contributed by atoms with van der Waals surface area (Å²) in [5.74, 6) is 5.63. The van der Waals surface area contributed by atoms with Crippen LogP contribution in [0.3, 0.4) is 0 Å². The monoisotopic (exact) mass is 566 g/mol. The van der Waals surface area contributed by atoms with Crippen LogP contribution in [0.1, 0.15) is 6.42 Å². The van der Waals surface area contributed by atoms with Crippen LogP contribution < -0.4 is 42.6 Å².